The predicted molar refractivity (Wildman–Crippen MR) is 116 cm³/mol. The molecule has 0 unspecified atom stereocenters. The molecule has 2 heterocycles. The molecule has 1 aliphatic heterocycles. The van der Waals surface area contributed by atoms with Gasteiger partial charge in [0.25, 0.3) is 5.56 Å². The smallest absolute Gasteiger partial charge is 0.330 e. The van der Waals surface area contributed by atoms with Gasteiger partial charge in [-0.1, -0.05) is 30.3 Å². The lowest BCUT2D eigenvalue weighted by molar-refractivity contribution is 0.116. The maximum atomic E-state index is 13.1. The quantitative estimate of drug-likeness (QED) is 0.685. The van der Waals surface area contributed by atoms with Crippen molar-refractivity contribution < 1.29 is 9.53 Å². The van der Waals surface area contributed by atoms with Gasteiger partial charge in [0.05, 0.1) is 19.2 Å². The number of hydrogen-bond donors (Lipinski definition) is 3. The number of nitrogens with zero attached hydrogens (tertiary/aromatic N) is 2. The number of rotatable bonds is 5. The number of aromatic nitrogens is 2. The SMILES string of the molecule is CC(C)(C)NC(=O)N(C[C@H]1CCCO1)c1c(N)n(Cc2ccccc2)c(=O)[nH]c1=O. The van der Waals surface area contributed by atoms with Gasteiger partial charge in [0.2, 0.25) is 0 Å². The monoisotopic (exact) mass is 415 g/mol. The predicted octanol–water partition coefficient (Wildman–Crippen LogP) is 1.66. The molecule has 162 valence electrons. The summed E-state index contributed by atoms with van der Waals surface area (Å²) in [7, 11) is 0. The van der Waals surface area contributed by atoms with Gasteiger partial charge in [-0.3, -0.25) is 19.2 Å². The van der Waals surface area contributed by atoms with Crippen LogP contribution in [-0.2, 0) is 11.3 Å². The lowest BCUT2D eigenvalue weighted by atomic mass is 10.1. The number of benzene rings is 1. The van der Waals surface area contributed by atoms with Gasteiger partial charge >= 0.3 is 11.7 Å². The van der Waals surface area contributed by atoms with Crippen molar-refractivity contribution in [3.63, 3.8) is 0 Å². The summed E-state index contributed by atoms with van der Waals surface area (Å²) >= 11 is 0. The van der Waals surface area contributed by atoms with Crippen molar-refractivity contribution in [3.8, 4) is 0 Å². The number of ether oxygens (including phenoxy) is 1. The number of nitrogens with one attached hydrogen (secondary N) is 2. The van der Waals surface area contributed by atoms with Gasteiger partial charge in [-0.25, -0.2) is 9.59 Å². The van der Waals surface area contributed by atoms with E-state index in [0.29, 0.717) is 6.61 Å². The van der Waals surface area contributed by atoms with E-state index in [9.17, 15) is 14.4 Å². The Morgan fingerprint density at radius 2 is 2.00 bits per heavy atom. The Labute approximate surface area is 174 Å². The van der Waals surface area contributed by atoms with E-state index in [0.717, 1.165) is 18.4 Å². The third-order valence-corrected chi connectivity index (χ3v) is 4.80. The summed E-state index contributed by atoms with van der Waals surface area (Å²) in [6.45, 7) is 6.48. The molecule has 0 bridgehead atoms. The molecule has 0 radical (unpaired) electrons. The van der Waals surface area contributed by atoms with Gasteiger partial charge in [0.15, 0.2) is 5.69 Å². The minimum Gasteiger partial charge on any atom is -0.383 e. The molecule has 0 spiro atoms. The van der Waals surface area contributed by atoms with E-state index in [1.54, 1.807) is 0 Å². The molecular formula is C21H29N5O4. The zero-order valence-electron chi connectivity index (χ0n) is 17.6. The number of amides is 2. The minimum atomic E-state index is -0.705. The second-order valence-electron chi connectivity index (χ2n) is 8.49. The Balaban J connectivity index is 2.04. The number of carbonyl (C=O) groups is 1. The maximum absolute atomic E-state index is 13.1. The highest BCUT2D eigenvalue weighted by Gasteiger charge is 2.30. The van der Waals surface area contributed by atoms with Crippen LogP contribution < -0.4 is 27.2 Å². The molecule has 9 heteroatoms. The van der Waals surface area contributed by atoms with E-state index < -0.39 is 22.8 Å². The van der Waals surface area contributed by atoms with Crippen molar-refractivity contribution in [3.05, 3.63) is 56.7 Å². The van der Waals surface area contributed by atoms with Gasteiger partial charge in [-0.05, 0) is 39.2 Å². The summed E-state index contributed by atoms with van der Waals surface area (Å²) in [6, 6.07) is 8.81. The minimum absolute atomic E-state index is 0.0530. The standard InChI is InChI=1S/C21H29N5O4/c1-21(2,3)24-20(29)25(13-15-10-7-11-30-15)16-17(22)26(19(28)23-18(16)27)12-14-8-5-4-6-9-14/h4-6,8-9,15H,7,10-13,22H2,1-3H3,(H,24,29)(H,23,27,28)/t15-/m1/s1. The van der Waals surface area contributed by atoms with Crippen LogP contribution in [-0.4, -0.2) is 40.4 Å². The first kappa shape index (κ1) is 21.6. The molecule has 9 nitrogen and oxygen atoms in total. The normalized spacial score (nSPS) is 16.4. The van der Waals surface area contributed by atoms with Crippen molar-refractivity contribution in [2.45, 2.75) is 51.8 Å². The first-order chi connectivity index (χ1) is 14.2. The fourth-order valence-corrected chi connectivity index (χ4v) is 3.42. The number of carbonyl (C=O) groups excluding carboxylic acids is 1. The van der Waals surface area contributed by atoms with Crippen LogP contribution in [0.4, 0.5) is 16.3 Å². The number of nitrogen functional groups attached to an aromatic ring is 1. The van der Waals surface area contributed by atoms with Gasteiger partial charge < -0.3 is 15.8 Å². The fourth-order valence-electron chi connectivity index (χ4n) is 3.42. The number of nitrogens with two attached hydrogens (primary N) is 1. The van der Waals surface area contributed by atoms with Crippen LogP contribution in [0.25, 0.3) is 0 Å². The molecule has 4 N–H and O–H groups in total. The molecule has 2 amide bonds. The first-order valence-corrected chi connectivity index (χ1v) is 10.0. The summed E-state index contributed by atoms with van der Waals surface area (Å²) < 4.78 is 6.93. The lowest BCUT2D eigenvalue weighted by Crippen LogP contribution is -2.53. The van der Waals surface area contributed by atoms with Crippen LogP contribution >= 0.6 is 0 Å². The van der Waals surface area contributed by atoms with E-state index >= 15 is 0 Å². The molecule has 2 aromatic rings. The Morgan fingerprint density at radius 3 is 2.60 bits per heavy atom. The van der Waals surface area contributed by atoms with Crippen molar-refractivity contribution in [2.75, 3.05) is 23.8 Å². The highest BCUT2D eigenvalue weighted by molar-refractivity contribution is 5.94. The van der Waals surface area contributed by atoms with E-state index in [-0.39, 0.29) is 30.7 Å². The van der Waals surface area contributed by atoms with Gasteiger partial charge in [-0.2, -0.15) is 0 Å². The molecule has 1 fully saturated rings. The molecule has 1 aliphatic rings. The highest BCUT2D eigenvalue weighted by atomic mass is 16.5. The average Bonchev–Trinajstić information content (AvgIpc) is 3.17. The summed E-state index contributed by atoms with van der Waals surface area (Å²) in [5, 5.41) is 2.87. The Bertz CT molecular complexity index is 1000. The van der Waals surface area contributed by atoms with E-state index in [4.69, 9.17) is 10.5 Å². The van der Waals surface area contributed by atoms with Crippen molar-refractivity contribution in [1.82, 2.24) is 14.9 Å². The third-order valence-electron chi connectivity index (χ3n) is 4.80. The van der Waals surface area contributed by atoms with Crippen LogP contribution in [0, 0.1) is 0 Å². The van der Waals surface area contributed by atoms with Crippen molar-refractivity contribution >= 4 is 17.5 Å². The lowest BCUT2D eigenvalue weighted by Gasteiger charge is -2.30. The topological polar surface area (TPSA) is 122 Å². The van der Waals surface area contributed by atoms with Crippen molar-refractivity contribution in [2.24, 2.45) is 0 Å². The molecule has 1 atom stereocenters. The molecule has 1 aromatic carbocycles. The molecule has 0 saturated carbocycles. The average molecular weight is 415 g/mol. The second-order valence-corrected chi connectivity index (χ2v) is 8.49. The Hall–Kier alpha value is -3.07. The number of anilines is 2. The van der Waals surface area contributed by atoms with Crippen LogP contribution in [0.3, 0.4) is 0 Å². The van der Waals surface area contributed by atoms with Gasteiger partial charge in [0, 0.05) is 12.1 Å². The van der Waals surface area contributed by atoms with E-state index in [2.05, 4.69) is 10.3 Å². The number of aromatic amines is 1. The maximum Gasteiger partial charge on any atom is 0.330 e. The van der Waals surface area contributed by atoms with E-state index in [1.807, 2.05) is 51.1 Å². The summed E-state index contributed by atoms with van der Waals surface area (Å²) in [4.78, 5) is 41.9. The molecule has 1 aromatic heterocycles. The molecule has 3 rings (SSSR count). The van der Waals surface area contributed by atoms with Gasteiger partial charge in [0.1, 0.15) is 5.82 Å². The molecule has 1 saturated heterocycles. The molecular weight excluding hydrogens is 386 g/mol. The number of urea groups is 1. The zero-order valence-corrected chi connectivity index (χ0v) is 17.6. The molecule has 30 heavy (non-hydrogen) atoms. The largest absolute Gasteiger partial charge is 0.383 e. The second kappa shape index (κ2) is 8.74. The summed E-state index contributed by atoms with van der Waals surface area (Å²) in [5.74, 6) is -0.0605. The van der Waals surface area contributed by atoms with Crippen LogP contribution in [0.1, 0.15) is 39.2 Å². The highest BCUT2D eigenvalue weighted by Crippen LogP contribution is 2.22. The molecule has 0 aliphatic carbocycles. The number of H-pyrrole nitrogens is 1. The Morgan fingerprint density at radius 1 is 1.30 bits per heavy atom. The third kappa shape index (κ3) is 5.10. The van der Waals surface area contributed by atoms with Crippen LogP contribution in [0.5, 0.6) is 0 Å². The van der Waals surface area contributed by atoms with Crippen LogP contribution in [0.15, 0.2) is 39.9 Å². The number of hydrogen-bond acceptors (Lipinski definition) is 5. The summed E-state index contributed by atoms with van der Waals surface area (Å²) in [5.41, 5.74) is 5.23. The summed E-state index contributed by atoms with van der Waals surface area (Å²) in [6.07, 6.45) is 1.46. The van der Waals surface area contributed by atoms with E-state index in [1.165, 1.54) is 9.47 Å². The fraction of sp³-hybridized carbons (Fsp3) is 0.476. The van der Waals surface area contributed by atoms with Crippen molar-refractivity contribution in [1.29, 1.82) is 0 Å². The van der Waals surface area contributed by atoms with Crippen LogP contribution in [0.2, 0.25) is 0 Å². The van der Waals surface area contributed by atoms with Gasteiger partial charge in [-0.15, -0.1) is 0 Å². The first-order valence-electron chi connectivity index (χ1n) is 10.0. The zero-order chi connectivity index (χ0) is 21.9. The Kier molecular flexibility index (Phi) is 6.31.